The summed E-state index contributed by atoms with van der Waals surface area (Å²) in [6, 6.07) is 16.1. The zero-order valence-electron chi connectivity index (χ0n) is 12.2. The van der Waals surface area contributed by atoms with Gasteiger partial charge in [-0.3, -0.25) is 0 Å². The van der Waals surface area contributed by atoms with Crippen molar-refractivity contribution in [1.82, 2.24) is 0 Å². The van der Waals surface area contributed by atoms with Crippen molar-refractivity contribution in [2.45, 2.75) is 32.8 Å². The van der Waals surface area contributed by atoms with Crippen LogP contribution in [0, 0.1) is 6.92 Å². The average Bonchev–Trinajstić information content (AvgIpc) is 2.46. The molecule has 0 aliphatic heterocycles. The van der Waals surface area contributed by atoms with E-state index >= 15 is 0 Å². The average molecular weight is 270 g/mol. The molecule has 0 radical (unpaired) electrons. The minimum Gasteiger partial charge on any atom is -0.493 e. The number of aryl methyl sites for hydroxylation is 2. The van der Waals surface area contributed by atoms with Gasteiger partial charge in [-0.2, -0.15) is 0 Å². The fraction of sp³-hybridized carbons (Fsp3) is 0.333. The molecule has 0 aliphatic rings. The quantitative estimate of drug-likeness (QED) is 0.857. The highest BCUT2D eigenvalue weighted by atomic mass is 16.5. The largest absolute Gasteiger partial charge is 0.493 e. The molecule has 1 unspecified atom stereocenters. The lowest BCUT2D eigenvalue weighted by atomic mass is 10.00. The molecule has 2 rings (SSSR count). The van der Waals surface area contributed by atoms with Crippen LogP contribution < -0.4 is 4.74 Å². The molecule has 2 heteroatoms. The first kappa shape index (κ1) is 14.6. The summed E-state index contributed by atoms with van der Waals surface area (Å²) >= 11 is 0. The second kappa shape index (κ2) is 7.11. The summed E-state index contributed by atoms with van der Waals surface area (Å²) in [6.45, 7) is 4.65. The van der Waals surface area contributed by atoms with Crippen LogP contribution in [0.4, 0.5) is 0 Å². The Bertz CT molecular complexity index is 549. The van der Waals surface area contributed by atoms with E-state index in [2.05, 4.69) is 31.2 Å². The van der Waals surface area contributed by atoms with E-state index in [-0.39, 0.29) is 0 Å². The predicted octanol–water partition coefficient (Wildman–Crippen LogP) is 4.06. The smallest absolute Gasteiger partial charge is 0.125 e. The summed E-state index contributed by atoms with van der Waals surface area (Å²) in [5.74, 6) is 0.784. The molecule has 2 aromatic rings. The lowest BCUT2D eigenvalue weighted by Gasteiger charge is -2.15. The van der Waals surface area contributed by atoms with Crippen molar-refractivity contribution in [3.05, 3.63) is 65.2 Å². The van der Waals surface area contributed by atoms with Crippen molar-refractivity contribution in [3.8, 4) is 5.75 Å². The standard InChI is InChI=1S/C18H22O2/c1-3-20-18-10-5-4-9-16(18)17(19)12-11-15-8-6-7-14(2)13-15/h4-10,13,17,19H,3,11-12H2,1-2H3. The van der Waals surface area contributed by atoms with Gasteiger partial charge in [-0.05, 0) is 38.3 Å². The molecule has 20 heavy (non-hydrogen) atoms. The van der Waals surface area contributed by atoms with E-state index in [1.165, 1.54) is 11.1 Å². The molecule has 0 saturated carbocycles. The molecule has 0 amide bonds. The number of rotatable bonds is 6. The summed E-state index contributed by atoms with van der Waals surface area (Å²) in [4.78, 5) is 0. The zero-order chi connectivity index (χ0) is 14.4. The fourth-order valence-electron chi connectivity index (χ4n) is 2.37. The third-order valence-electron chi connectivity index (χ3n) is 3.37. The third-order valence-corrected chi connectivity index (χ3v) is 3.37. The highest BCUT2D eigenvalue weighted by Gasteiger charge is 2.12. The minimum atomic E-state index is -0.488. The maximum Gasteiger partial charge on any atom is 0.125 e. The van der Waals surface area contributed by atoms with Crippen molar-refractivity contribution >= 4 is 0 Å². The van der Waals surface area contributed by atoms with Gasteiger partial charge in [-0.25, -0.2) is 0 Å². The van der Waals surface area contributed by atoms with Crippen molar-refractivity contribution in [1.29, 1.82) is 0 Å². The molecule has 0 bridgehead atoms. The Kier molecular flexibility index (Phi) is 5.19. The van der Waals surface area contributed by atoms with Gasteiger partial charge < -0.3 is 9.84 Å². The van der Waals surface area contributed by atoms with Gasteiger partial charge in [0.05, 0.1) is 12.7 Å². The number of aliphatic hydroxyl groups is 1. The molecule has 0 aliphatic carbocycles. The summed E-state index contributed by atoms with van der Waals surface area (Å²) in [5, 5.41) is 10.4. The van der Waals surface area contributed by atoms with Crippen LogP contribution in [0.5, 0.6) is 5.75 Å². The lowest BCUT2D eigenvalue weighted by Crippen LogP contribution is -2.04. The molecule has 1 atom stereocenters. The van der Waals surface area contributed by atoms with Gasteiger partial charge in [0.1, 0.15) is 5.75 Å². The normalized spacial score (nSPS) is 12.2. The number of aliphatic hydroxyl groups excluding tert-OH is 1. The van der Waals surface area contributed by atoms with E-state index in [1.807, 2.05) is 31.2 Å². The van der Waals surface area contributed by atoms with Gasteiger partial charge in [-0.15, -0.1) is 0 Å². The Balaban J connectivity index is 2.03. The van der Waals surface area contributed by atoms with Crippen molar-refractivity contribution in [2.24, 2.45) is 0 Å². The summed E-state index contributed by atoms with van der Waals surface area (Å²) < 4.78 is 5.57. The third kappa shape index (κ3) is 3.84. The molecule has 2 aromatic carbocycles. The highest BCUT2D eigenvalue weighted by Crippen LogP contribution is 2.28. The first-order valence-corrected chi connectivity index (χ1v) is 7.16. The van der Waals surface area contributed by atoms with Crippen LogP contribution in [0.25, 0.3) is 0 Å². The monoisotopic (exact) mass is 270 g/mol. The zero-order valence-corrected chi connectivity index (χ0v) is 12.2. The molecule has 0 spiro atoms. The Morgan fingerprint density at radius 1 is 1.10 bits per heavy atom. The lowest BCUT2D eigenvalue weighted by molar-refractivity contribution is 0.162. The van der Waals surface area contributed by atoms with E-state index < -0.39 is 6.10 Å². The fourth-order valence-corrected chi connectivity index (χ4v) is 2.37. The molecule has 2 nitrogen and oxygen atoms in total. The van der Waals surface area contributed by atoms with Crippen LogP contribution in [0.15, 0.2) is 48.5 Å². The SMILES string of the molecule is CCOc1ccccc1C(O)CCc1cccc(C)c1. The maximum absolute atomic E-state index is 10.4. The van der Waals surface area contributed by atoms with Crippen molar-refractivity contribution in [3.63, 3.8) is 0 Å². The summed E-state index contributed by atoms with van der Waals surface area (Å²) in [5.41, 5.74) is 3.40. The van der Waals surface area contributed by atoms with Crippen LogP contribution in [-0.2, 0) is 6.42 Å². The maximum atomic E-state index is 10.4. The number of ether oxygens (including phenoxy) is 1. The number of para-hydroxylation sites is 1. The first-order valence-electron chi connectivity index (χ1n) is 7.16. The summed E-state index contributed by atoms with van der Waals surface area (Å²) in [6.07, 6.45) is 1.08. The Labute approximate surface area is 121 Å². The Morgan fingerprint density at radius 2 is 1.90 bits per heavy atom. The number of benzene rings is 2. The molecule has 1 N–H and O–H groups in total. The Hall–Kier alpha value is -1.80. The van der Waals surface area contributed by atoms with Crippen LogP contribution in [0.2, 0.25) is 0 Å². The molecule has 0 fully saturated rings. The van der Waals surface area contributed by atoms with Crippen LogP contribution >= 0.6 is 0 Å². The molecule has 0 aromatic heterocycles. The number of hydrogen-bond acceptors (Lipinski definition) is 2. The van der Waals surface area contributed by atoms with Gasteiger partial charge in [0.25, 0.3) is 0 Å². The van der Waals surface area contributed by atoms with Gasteiger partial charge >= 0.3 is 0 Å². The van der Waals surface area contributed by atoms with E-state index in [1.54, 1.807) is 0 Å². The van der Waals surface area contributed by atoms with Gasteiger partial charge in [0, 0.05) is 5.56 Å². The highest BCUT2D eigenvalue weighted by molar-refractivity contribution is 5.35. The van der Waals surface area contributed by atoms with Gasteiger partial charge in [0.2, 0.25) is 0 Å². The van der Waals surface area contributed by atoms with Crippen LogP contribution in [0.1, 0.15) is 36.1 Å². The van der Waals surface area contributed by atoms with Gasteiger partial charge in [0.15, 0.2) is 0 Å². The molecular weight excluding hydrogens is 248 g/mol. The summed E-state index contributed by atoms with van der Waals surface area (Å²) in [7, 11) is 0. The van der Waals surface area contributed by atoms with E-state index in [4.69, 9.17) is 4.74 Å². The van der Waals surface area contributed by atoms with Crippen LogP contribution in [0.3, 0.4) is 0 Å². The van der Waals surface area contributed by atoms with Crippen molar-refractivity contribution < 1.29 is 9.84 Å². The topological polar surface area (TPSA) is 29.5 Å². The molecule has 106 valence electrons. The first-order chi connectivity index (χ1) is 9.70. The van der Waals surface area contributed by atoms with Crippen molar-refractivity contribution in [2.75, 3.05) is 6.61 Å². The van der Waals surface area contributed by atoms with Crippen LogP contribution in [-0.4, -0.2) is 11.7 Å². The molecular formula is C18H22O2. The Morgan fingerprint density at radius 3 is 2.65 bits per heavy atom. The van der Waals surface area contributed by atoms with E-state index in [0.29, 0.717) is 13.0 Å². The van der Waals surface area contributed by atoms with Gasteiger partial charge in [-0.1, -0.05) is 48.0 Å². The second-order valence-electron chi connectivity index (χ2n) is 5.01. The molecule has 0 heterocycles. The second-order valence-corrected chi connectivity index (χ2v) is 5.01. The number of hydrogen-bond donors (Lipinski definition) is 1. The van der Waals surface area contributed by atoms with E-state index in [0.717, 1.165) is 17.7 Å². The predicted molar refractivity (Wildman–Crippen MR) is 82.1 cm³/mol. The van der Waals surface area contributed by atoms with E-state index in [9.17, 15) is 5.11 Å². The molecule has 0 saturated heterocycles. The minimum absolute atomic E-state index is 0.488.